The van der Waals surface area contributed by atoms with Crippen LogP contribution in [0.5, 0.6) is 11.8 Å². The molecule has 0 saturated heterocycles. The summed E-state index contributed by atoms with van der Waals surface area (Å²) >= 11 is 0. The van der Waals surface area contributed by atoms with Gasteiger partial charge in [-0.05, 0) is 43.5 Å². The zero-order chi connectivity index (χ0) is 14.7. The van der Waals surface area contributed by atoms with Crippen molar-refractivity contribution in [1.29, 1.82) is 0 Å². The van der Waals surface area contributed by atoms with E-state index in [4.69, 9.17) is 15.2 Å². The van der Waals surface area contributed by atoms with Gasteiger partial charge in [-0.1, -0.05) is 6.92 Å². The van der Waals surface area contributed by atoms with Crippen molar-refractivity contribution in [3.8, 4) is 23.1 Å². The Hall–Kier alpha value is -2.37. The van der Waals surface area contributed by atoms with E-state index in [2.05, 4.69) is 15.0 Å². The molecule has 1 aromatic carbocycles. The zero-order valence-electron chi connectivity index (χ0n) is 12.0. The average Bonchev–Trinajstić information content (AvgIpc) is 3.29. The molecule has 0 radical (unpaired) electrons. The largest absolute Gasteiger partial charge is 0.490 e. The minimum absolute atomic E-state index is 0.157. The molecule has 0 bridgehead atoms. The van der Waals surface area contributed by atoms with Crippen molar-refractivity contribution in [2.75, 3.05) is 12.3 Å². The van der Waals surface area contributed by atoms with E-state index in [9.17, 15) is 0 Å². The Morgan fingerprint density at radius 2 is 1.90 bits per heavy atom. The second kappa shape index (κ2) is 5.95. The monoisotopic (exact) mass is 286 g/mol. The van der Waals surface area contributed by atoms with Gasteiger partial charge in [0.2, 0.25) is 5.95 Å². The van der Waals surface area contributed by atoms with E-state index in [1.165, 1.54) is 0 Å². The smallest absolute Gasteiger partial charge is 0.321 e. The van der Waals surface area contributed by atoms with Gasteiger partial charge < -0.3 is 15.2 Å². The number of hydrogen-bond acceptors (Lipinski definition) is 6. The van der Waals surface area contributed by atoms with E-state index in [0.717, 1.165) is 30.6 Å². The maximum atomic E-state index is 5.71. The molecule has 1 aliphatic rings. The van der Waals surface area contributed by atoms with Gasteiger partial charge in [0.15, 0.2) is 5.82 Å². The molecule has 2 N–H and O–H groups in total. The summed E-state index contributed by atoms with van der Waals surface area (Å²) in [5.74, 6) is 1.53. The first-order valence-corrected chi connectivity index (χ1v) is 7.16. The van der Waals surface area contributed by atoms with Gasteiger partial charge in [-0.15, -0.1) is 0 Å². The van der Waals surface area contributed by atoms with Crippen molar-refractivity contribution in [3.05, 3.63) is 24.3 Å². The van der Waals surface area contributed by atoms with Crippen molar-refractivity contribution in [1.82, 2.24) is 15.0 Å². The van der Waals surface area contributed by atoms with Crippen molar-refractivity contribution >= 4 is 5.95 Å². The molecule has 1 aromatic heterocycles. The Morgan fingerprint density at radius 3 is 2.57 bits per heavy atom. The van der Waals surface area contributed by atoms with Crippen LogP contribution in [0.25, 0.3) is 11.4 Å². The lowest BCUT2D eigenvalue weighted by Crippen LogP contribution is -2.05. The molecule has 0 spiro atoms. The summed E-state index contributed by atoms with van der Waals surface area (Å²) in [5.41, 5.74) is 6.56. The van der Waals surface area contributed by atoms with Gasteiger partial charge in [-0.2, -0.15) is 15.0 Å². The summed E-state index contributed by atoms with van der Waals surface area (Å²) < 4.78 is 11.1. The van der Waals surface area contributed by atoms with E-state index < -0.39 is 0 Å². The molecule has 6 nitrogen and oxygen atoms in total. The molecule has 1 saturated carbocycles. The highest BCUT2D eigenvalue weighted by Crippen LogP contribution is 2.28. The number of aromatic nitrogens is 3. The number of nitrogens with zero attached hydrogens (tertiary/aromatic N) is 3. The van der Waals surface area contributed by atoms with Crippen LogP contribution in [0.2, 0.25) is 0 Å². The Balaban J connectivity index is 1.79. The van der Waals surface area contributed by atoms with Crippen molar-refractivity contribution in [2.45, 2.75) is 32.3 Å². The fraction of sp³-hybridized carbons (Fsp3) is 0.400. The molecule has 0 atom stereocenters. The van der Waals surface area contributed by atoms with Crippen LogP contribution in [0.4, 0.5) is 5.95 Å². The predicted molar refractivity (Wildman–Crippen MR) is 79.1 cm³/mol. The van der Waals surface area contributed by atoms with Gasteiger partial charge >= 0.3 is 6.01 Å². The predicted octanol–water partition coefficient (Wildman–Crippen LogP) is 2.45. The van der Waals surface area contributed by atoms with Crippen LogP contribution in [0.1, 0.15) is 26.2 Å². The SMILES string of the molecule is CCCOc1nc(N)nc(-c2ccc(OC3CC3)cc2)n1. The molecular weight excluding hydrogens is 268 g/mol. The van der Waals surface area contributed by atoms with Gasteiger partial charge in [-0.25, -0.2) is 0 Å². The normalized spacial score (nSPS) is 14.0. The minimum Gasteiger partial charge on any atom is -0.490 e. The second-order valence-electron chi connectivity index (χ2n) is 4.99. The fourth-order valence-corrected chi connectivity index (χ4v) is 1.82. The Kier molecular flexibility index (Phi) is 3.85. The van der Waals surface area contributed by atoms with Crippen LogP contribution >= 0.6 is 0 Å². The fourth-order valence-electron chi connectivity index (χ4n) is 1.82. The first-order valence-electron chi connectivity index (χ1n) is 7.16. The third-order valence-electron chi connectivity index (χ3n) is 3.01. The highest BCUT2D eigenvalue weighted by molar-refractivity contribution is 5.57. The molecule has 0 aliphatic heterocycles. The lowest BCUT2D eigenvalue weighted by Gasteiger charge is -2.07. The standard InChI is InChI=1S/C15H18N4O2/c1-2-9-20-15-18-13(17-14(16)19-15)10-3-5-11(6-4-10)21-12-7-8-12/h3-6,12H,2,7-9H2,1H3,(H2,16,17,18,19). The maximum Gasteiger partial charge on any atom is 0.321 e. The van der Waals surface area contributed by atoms with E-state index in [0.29, 0.717) is 18.5 Å². The molecule has 3 rings (SSSR count). The molecule has 2 aromatic rings. The first-order chi connectivity index (χ1) is 10.2. The molecular formula is C15H18N4O2. The van der Waals surface area contributed by atoms with Crippen LogP contribution in [0, 0.1) is 0 Å². The lowest BCUT2D eigenvalue weighted by molar-refractivity contribution is 0.292. The molecule has 1 aliphatic carbocycles. The number of anilines is 1. The molecule has 1 fully saturated rings. The van der Waals surface area contributed by atoms with Crippen molar-refractivity contribution in [3.63, 3.8) is 0 Å². The Labute approximate surface area is 123 Å². The molecule has 6 heteroatoms. The first kappa shape index (κ1) is 13.6. The van der Waals surface area contributed by atoms with E-state index in [-0.39, 0.29) is 12.0 Å². The van der Waals surface area contributed by atoms with Crippen LogP contribution in [0.3, 0.4) is 0 Å². The minimum atomic E-state index is 0.157. The highest BCUT2D eigenvalue weighted by Gasteiger charge is 2.23. The number of ether oxygens (including phenoxy) is 2. The summed E-state index contributed by atoms with van der Waals surface area (Å²) in [5, 5.41) is 0. The summed E-state index contributed by atoms with van der Waals surface area (Å²) in [6, 6.07) is 7.92. The molecule has 1 heterocycles. The van der Waals surface area contributed by atoms with E-state index in [1.807, 2.05) is 31.2 Å². The van der Waals surface area contributed by atoms with Crippen LogP contribution in [-0.4, -0.2) is 27.7 Å². The van der Waals surface area contributed by atoms with E-state index in [1.54, 1.807) is 0 Å². The van der Waals surface area contributed by atoms with Crippen LogP contribution in [-0.2, 0) is 0 Å². The third kappa shape index (κ3) is 3.59. The number of nitrogens with two attached hydrogens (primary N) is 1. The van der Waals surface area contributed by atoms with Crippen molar-refractivity contribution in [2.24, 2.45) is 0 Å². The van der Waals surface area contributed by atoms with Crippen molar-refractivity contribution < 1.29 is 9.47 Å². The number of nitrogen functional groups attached to an aromatic ring is 1. The third-order valence-corrected chi connectivity index (χ3v) is 3.01. The molecule has 0 unspecified atom stereocenters. The van der Waals surface area contributed by atoms with Gasteiger partial charge in [-0.3, -0.25) is 0 Å². The van der Waals surface area contributed by atoms with Gasteiger partial charge in [0.05, 0.1) is 12.7 Å². The topological polar surface area (TPSA) is 83.2 Å². The van der Waals surface area contributed by atoms with Crippen LogP contribution in [0.15, 0.2) is 24.3 Å². The number of rotatable bonds is 6. The number of benzene rings is 1. The lowest BCUT2D eigenvalue weighted by atomic mass is 10.2. The summed E-state index contributed by atoms with van der Waals surface area (Å²) in [4.78, 5) is 12.4. The van der Waals surface area contributed by atoms with Gasteiger partial charge in [0.25, 0.3) is 0 Å². The maximum absolute atomic E-state index is 5.71. The number of hydrogen-bond donors (Lipinski definition) is 1. The molecule has 110 valence electrons. The Bertz CT molecular complexity index is 612. The summed E-state index contributed by atoms with van der Waals surface area (Å²) in [6.45, 7) is 2.57. The highest BCUT2D eigenvalue weighted by atomic mass is 16.5. The summed E-state index contributed by atoms with van der Waals surface area (Å²) in [6.07, 6.45) is 3.56. The Morgan fingerprint density at radius 1 is 1.14 bits per heavy atom. The quantitative estimate of drug-likeness (QED) is 0.878. The zero-order valence-corrected chi connectivity index (χ0v) is 12.0. The van der Waals surface area contributed by atoms with Gasteiger partial charge in [0, 0.05) is 5.56 Å². The second-order valence-corrected chi connectivity index (χ2v) is 4.99. The molecule has 21 heavy (non-hydrogen) atoms. The van der Waals surface area contributed by atoms with Crippen LogP contribution < -0.4 is 15.2 Å². The summed E-state index contributed by atoms with van der Waals surface area (Å²) in [7, 11) is 0. The van der Waals surface area contributed by atoms with Gasteiger partial charge in [0.1, 0.15) is 5.75 Å². The average molecular weight is 286 g/mol. The van der Waals surface area contributed by atoms with E-state index >= 15 is 0 Å². The molecule has 0 amide bonds.